The molecule has 0 atom stereocenters. The molecule has 68 valence electrons. The van der Waals surface area contributed by atoms with Crippen molar-refractivity contribution in [2.24, 2.45) is 0 Å². The number of halogens is 1. The maximum absolute atomic E-state index is 11.1. The first-order valence-electron chi connectivity index (χ1n) is 3.20. The summed E-state index contributed by atoms with van der Waals surface area (Å²) in [5.74, 6) is 0. The maximum atomic E-state index is 11.1. The van der Waals surface area contributed by atoms with Gasteiger partial charge < -0.3 is 0 Å². The molecule has 0 bridgehead atoms. The van der Waals surface area contributed by atoms with Gasteiger partial charge >= 0.3 is 0 Å². The lowest BCUT2D eigenvalue weighted by Crippen LogP contribution is -2.12. The molecule has 1 aromatic carbocycles. The lowest BCUT2D eigenvalue weighted by molar-refractivity contribution is 0.594. The van der Waals surface area contributed by atoms with Crippen molar-refractivity contribution >= 4 is 27.5 Å². The summed E-state index contributed by atoms with van der Waals surface area (Å²) >= 11 is 5.00. The molecule has 0 aliphatic rings. The van der Waals surface area contributed by atoms with E-state index >= 15 is 0 Å². The molecule has 0 spiro atoms. The van der Waals surface area contributed by atoms with Crippen molar-refractivity contribution in [2.45, 2.75) is 4.90 Å². The van der Waals surface area contributed by atoms with Crippen LogP contribution in [0.2, 0.25) is 0 Å². The first kappa shape index (κ1) is 9.99. The van der Waals surface area contributed by atoms with Crippen LogP contribution in [0.4, 0.5) is 5.69 Å². The molecule has 0 amide bonds. The highest BCUT2D eigenvalue weighted by molar-refractivity contribution is 7.90. The Bertz CT molecular complexity index is 433. The maximum Gasteiger partial charge on any atom is 0.253 e. The first-order chi connectivity index (χ1) is 6.10. The van der Waals surface area contributed by atoms with Crippen molar-refractivity contribution in [3.63, 3.8) is 0 Å². The van der Waals surface area contributed by atoms with Crippen LogP contribution in [0.15, 0.2) is 29.2 Å². The molecule has 0 fully saturated rings. The monoisotopic (exact) mass is 216 g/mol. The van der Waals surface area contributed by atoms with Crippen molar-refractivity contribution < 1.29 is 8.42 Å². The van der Waals surface area contributed by atoms with Gasteiger partial charge in [-0.1, -0.05) is 24.3 Å². The Morgan fingerprint density at radius 3 is 2.23 bits per heavy atom. The molecule has 0 radical (unpaired) electrons. The van der Waals surface area contributed by atoms with E-state index in [-0.39, 0.29) is 4.90 Å². The van der Waals surface area contributed by atoms with Crippen molar-refractivity contribution in [3.8, 4) is 0 Å². The normalized spacial score (nSPS) is 10.8. The number of benzene rings is 1. The van der Waals surface area contributed by atoms with E-state index in [0.717, 1.165) is 0 Å². The van der Waals surface area contributed by atoms with Gasteiger partial charge in [-0.2, -0.15) is 0 Å². The fourth-order valence-electron chi connectivity index (χ4n) is 0.744. The fraction of sp³-hybridized carbons (Fsp3) is 0. The highest BCUT2D eigenvalue weighted by Gasteiger charge is 2.10. The van der Waals surface area contributed by atoms with Gasteiger partial charge in [0.2, 0.25) is 0 Å². The van der Waals surface area contributed by atoms with E-state index < -0.39 is 10.0 Å². The minimum Gasteiger partial charge on any atom is -0.238 e. The summed E-state index contributed by atoms with van der Waals surface area (Å²) in [6.45, 7) is 6.65. The molecule has 0 saturated carbocycles. The van der Waals surface area contributed by atoms with Crippen LogP contribution < -0.4 is 4.24 Å². The fourth-order valence-corrected chi connectivity index (χ4v) is 1.60. The molecule has 0 aliphatic heterocycles. The Labute approximate surface area is 81.1 Å². The minimum atomic E-state index is -3.61. The molecular weight excluding hydrogens is 212 g/mol. The third-order valence-electron chi connectivity index (χ3n) is 1.38. The minimum absolute atomic E-state index is 0.0369. The topological polar surface area (TPSA) is 50.5 Å². The molecule has 1 rings (SSSR count). The molecule has 1 N–H and O–H groups in total. The second kappa shape index (κ2) is 3.75. The average Bonchev–Trinajstić information content (AvgIpc) is 2.18. The number of nitrogens with zero attached hydrogens (tertiary/aromatic N) is 1. The van der Waals surface area contributed by atoms with Crippen LogP contribution in [-0.4, -0.2) is 8.42 Å². The van der Waals surface area contributed by atoms with Crippen molar-refractivity contribution in [2.75, 3.05) is 0 Å². The third-order valence-corrected chi connectivity index (χ3v) is 3.08. The Hall–Kier alpha value is -1.09. The first-order valence-corrected chi connectivity index (χ1v) is 5.06. The van der Waals surface area contributed by atoms with E-state index in [4.69, 9.17) is 18.3 Å². The van der Waals surface area contributed by atoms with Gasteiger partial charge in [-0.3, -0.25) is 0 Å². The van der Waals surface area contributed by atoms with Crippen LogP contribution in [0, 0.1) is 6.57 Å². The van der Waals surface area contributed by atoms with Gasteiger partial charge in [0.1, 0.15) is 0 Å². The number of hydrogen-bond donors (Lipinski definition) is 1. The zero-order chi connectivity index (χ0) is 9.90. The quantitative estimate of drug-likeness (QED) is 0.604. The van der Waals surface area contributed by atoms with Crippen LogP contribution >= 0.6 is 11.8 Å². The van der Waals surface area contributed by atoms with Crippen LogP contribution in [0.3, 0.4) is 0 Å². The second-order valence-corrected chi connectivity index (χ2v) is 4.28. The Morgan fingerprint density at radius 2 is 1.85 bits per heavy atom. The molecule has 0 heterocycles. The smallest absolute Gasteiger partial charge is 0.238 e. The molecule has 0 aliphatic carbocycles. The molecule has 0 unspecified atom stereocenters. The number of nitrogens with one attached hydrogen (secondary N) is 1. The zero-order valence-corrected chi connectivity index (χ0v) is 7.93. The molecule has 0 saturated heterocycles. The van der Waals surface area contributed by atoms with Gasteiger partial charge in [0.05, 0.1) is 11.5 Å². The van der Waals surface area contributed by atoms with Gasteiger partial charge in [-0.25, -0.2) is 13.3 Å². The largest absolute Gasteiger partial charge is 0.253 e. The number of sulfonamides is 1. The lowest BCUT2D eigenvalue weighted by atomic mass is 10.3. The molecular formula is C7H5ClN2O2S. The van der Waals surface area contributed by atoms with Gasteiger partial charge in [0, 0.05) is 0 Å². The number of hydrogen-bond acceptors (Lipinski definition) is 2. The summed E-state index contributed by atoms with van der Waals surface area (Å²) in [6, 6.07) is 5.46. The van der Waals surface area contributed by atoms with Crippen LogP contribution in [0.1, 0.15) is 0 Å². The second-order valence-electron chi connectivity index (χ2n) is 2.19. The van der Waals surface area contributed by atoms with Crippen LogP contribution in [0.25, 0.3) is 4.85 Å². The Balaban J connectivity index is 3.15. The highest BCUT2D eigenvalue weighted by Crippen LogP contribution is 2.15. The van der Waals surface area contributed by atoms with Gasteiger partial charge in [0.25, 0.3) is 10.0 Å². The van der Waals surface area contributed by atoms with E-state index in [1.165, 1.54) is 24.3 Å². The van der Waals surface area contributed by atoms with E-state index in [1.54, 1.807) is 4.24 Å². The molecule has 13 heavy (non-hydrogen) atoms. The van der Waals surface area contributed by atoms with Gasteiger partial charge in [-0.15, -0.1) is 4.24 Å². The van der Waals surface area contributed by atoms with E-state index in [2.05, 4.69) is 4.85 Å². The van der Waals surface area contributed by atoms with Gasteiger partial charge in [-0.05, 0) is 11.8 Å². The third kappa shape index (κ3) is 2.18. The van der Waals surface area contributed by atoms with Crippen molar-refractivity contribution in [1.82, 2.24) is 4.24 Å². The average molecular weight is 217 g/mol. The highest BCUT2D eigenvalue weighted by atomic mass is 35.5. The zero-order valence-electron chi connectivity index (χ0n) is 6.36. The summed E-state index contributed by atoms with van der Waals surface area (Å²) in [5, 5.41) is 0. The Kier molecular flexibility index (Phi) is 2.88. The summed E-state index contributed by atoms with van der Waals surface area (Å²) in [5.41, 5.74) is 0.383. The summed E-state index contributed by atoms with van der Waals surface area (Å²) < 4.78 is 23.8. The van der Waals surface area contributed by atoms with E-state index in [0.29, 0.717) is 5.69 Å². The van der Waals surface area contributed by atoms with E-state index in [1.807, 2.05) is 0 Å². The predicted molar refractivity (Wildman–Crippen MR) is 48.9 cm³/mol. The van der Waals surface area contributed by atoms with Crippen LogP contribution in [0.5, 0.6) is 0 Å². The molecule has 6 heteroatoms. The Morgan fingerprint density at radius 1 is 1.31 bits per heavy atom. The van der Waals surface area contributed by atoms with Crippen LogP contribution in [-0.2, 0) is 10.0 Å². The summed E-state index contributed by atoms with van der Waals surface area (Å²) in [6.07, 6.45) is 0. The van der Waals surface area contributed by atoms with E-state index in [9.17, 15) is 8.42 Å². The molecule has 4 nitrogen and oxygen atoms in total. The SMILES string of the molecule is [C-]#[N+]c1ccc(S(=O)(=O)NCl)cc1. The number of rotatable bonds is 2. The van der Waals surface area contributed by atoms with Gasteiger partial charge in [0.15, 0.2) is 5.69 Å². The lowest BCUT2D eigenvalue weighted by Gasteiger charge is -1.99. The van der Waals surface area contributed by atoms with Crippen molar-refractivity contribution in [3.05, 3.63) is 35.7 Å². The predicted octanol–water partition coefficient (Wildman–Crippen LogP) is 1.67. The summed E-state index contributed by atoms with van der Waals surface area (Å²) in [4.78, 5) is 3.16. The molecule has 0 aromatic heterocycles. The van der Waals surface area contributed by atoms with Crippen molar-refractivity contribution in [1.29, 1.82) is 0 Å². The summed E-state index contributed by atoms with van der Waals surface area (Å²) in [7, 11) is -3.61. The standard InChI is InChI=1S/C7H5ClN2O2S/c1-9-6-2-4-7(5-3-6)13(11,12)10-8/h2-5,10H. The molecule has 1 aromatic rings.